The zero-order valence-electron chi connectivity index (χ0n) is 16.4. The third kappa shape index (κ3) is 2.14. The van der Waals surface area contributed by atoms with Gasteiger partial charge in [0.25, 0.3) is 0 Å². The number of hydrogen-bond acceptors (Lipinski definition) is 4. The average Bonchev–Trinajstić information content (AvgIpc) is 2.94. The summed E-state index contributed by atoms with van der Waals surface area (Å²) < 4.78 is 5.40. The standard InChI is InChI=1S/C22H31NO3/c1-12(24)15-7-8-16-14-6-5-13-11-18(25)19(26-4)20(23)22(13,3)17(14)9-10-21(15,16)2/h11,14-17,19,23H,5-10H2,1-4H3/t14-,15+,16-,17-,19?,21+,22-/m0/s1. The van der Waals surface area contributed by atoms with E-state index in [1.807, 2.05) is 0 Å². The van der Waals surface area contributed by atoms with Crippen molar-refractivity contribution in [1.82, 2.24) is 0 Å². The fraction of sp³-hybridized carbons (Fsp3) is 0.773. The molecule has 4 heteroatoms. The lowest BCUT2D eigenvalue weighted by atomic mass is 9.46. The molecule has 7 atom stereocenters. The smallest absolute Gasteiger partial charge is 0.190 e. The van der Waals surface area contributed by atoms with Crippen LogP contribution >= 0.6 is 0 Å². The lowest BCUT2D eigenvalue weighted by Crippen LogP contribution is -2.57. The fourth-order valence-corrected chi connectivity index (χ4v) is 7.39. The van der Waals surface area contributed by atoms with Gasteiger partial charge >= 0.3 is 0 Å². The first kappa shape index (κ1) is 18.1. The summed E-state index contributed by atoms with van der Waals surface area (Å²) in [6.07, 6.45) is 7.32. The van der Waals surface area contributed by atoms with Gasteiger partial charge < -0.3 is 10.1 Å². The maximum atomic E-state index is 12.4. The quantitative estimate of drug-likeness (QED) is 0.813. The largest absolute Gasteiger partial charge is 0.367 e. The van der Waals surface area contributed by atoms with E-state index in [1.165, 1.54) is 7.11 Å². The van der Waals surface area contributed by atoms with Gasteiger partial charge in [-0.2, -0.15) is 0 Å². The molecule has 0 radical (unpaired) electrons. The maximum Gasteiger partial charge on any atom is 0.190 e. The van der Waals surface area contributed by atoms with Gasteiger partial charge in [-0.1, -0.05) is 19.4 Å². The first-order valence-corrected chi connectivity index (χ1v) is 10.1. The first-order valence-electron chi connectivity index (χ1n) is 10.1. The van der Waals surface area contributed by atoms with Gasteiger partial charge in [-0.15, -0.1) is 0 Å². The number of ketones is 2. The average molecular weight is 357 g/mol. The molecule has 0 spiro atoms. The zero-order chi connectivity index (χ0) is 18.9. The van der Waals surface area contributed by atoms with E-state index < -0.39 is 6.10 Å². The molecule has 0 saturated heterocycles. The summed E-state index contributed by atoms with van der Waals surface area (Å²) in [6, 6.07) is 0. The highest BCUT2D eigenvalue weighted by molar-refractivity contribution is 6.17. The second-order valence-electron chi connectivity index (χ2n) is 9.50. The molecule has 0 bridgehead atoms. The second kappa shape index (κ2) is 5.85. The number of ether oxygens (including phenoxy) is 1. The molecule has 4 aliphatic carbocycles. The Balaban J connectivity index is 1.72. The number of methoxy groups -OCH3 is 1. The number of carbonyl (C=O) groups is 2. The highest BCUT2D eigenvalue weighted by Crippen LogP contribution is 2.66. The molecule has 0 aliphatic heterocycles. The molecule has 0 amide bonds. The summed E-state index contributed by atoms with van der Waals surface area (Å²) in [7, 11) is 1.53. The number of nitrogens with one attached hydrogen (secondary N) is 1. The van der Waals surface area contributed by atoms with Crippen molar-refractivity contribution >= 4 is 17.3 Å². The summed E-state index contributed by atoms with van der Waals surface area (Å²) in [5, 5.41) is 8.83. The molecule has 26 heavy (non-hydrogen) atoms. The monoisotopic (exact) mass is 357 g/mol. The van der Waals surface area contributed by atoms with Gasteiger partial charge in [0, 0.05) is 18.4 Å². The predicted molar refractivity (Wildman–Crippen MR) is 100 cm³/mol. The Morgan fingerprint density at radius 3 is 2.58 bits per heavy atom. The van der Waals surface area contributed by atoms with Crippen LogP contribution in [0.4, 0.5) is 0 Å². The van der Waals surface area contributed by atoms with Gasteiger partial charge in [-0.3, -0.25) is 9.59 Å². The molecule has 0 aromatic heterocycles. The predicted octanol–water partition coefficient (Wildman–Crippen LogP) is 3.98. The molecule has 3 fully saturated rings. The topological polar surface area (TPSA) is 67.2 Å². The highest BCUT2D eigenvalue weighted by Gasteiger charge is 2.61. The minimum absolute atomic E-state index is 0.0680. The molecule has 4 nitrogen and oxygen atoms in total. The van der Waals surface area contributed by atoms with E-state index in [2.05, 4.69) is 13.8 Å². The molecule has 4 aliphatic rings. The van der Waals surface area contributed by atoms with Gasteiger partial charge in [0.05, 0.1) is 5.71 Å². The highest BCUT2D eigenvalue weighted by atomic mass is 16.5. The van der Waals surface area contributed by atoms with E-state index in [4.69, 9.17) is 10.1 Å². The van der Waals surface area contributed by atoms with Gasteiger partial charge in [-0.05, 0) is 74.7 Å². The lowest BCUT2D eigenvalue weighted by Gasteiger charge is -2.58. The summed E-state index contributed by atoms with van der Waals surface area (Å²) in [5.74, 6) is 2.00. The minimum atomic E-state index is -0.718. The van der Waals surface area contributed by atoms with Crippen LogP contribution in [0.5, 0.6) is 0 Å². The third-order valence-corrected chi connectivity index (χ3v) is 8.72. The molecule has 4 rings (SSSR count). The van der Waals surface area contributed by atoms with Crippen LogP contribution in [0.25, 0.3) is 0 Å². The van der Waals surface area contributed by atoms with Gasteiger partial charge in [0.1, 0.15) is 5.78 Å². The van der Waals surface area contributed by atoms with Gasteiger partial charge in [0.2, 0.25) is 0 Å². The van der Waals surface area contributed by atoms with Crippen molar-refractivity contribution in [3.63, 3.8) is 0 Å². The summed E-state index contributed by atoms with van der Waals surface area (Å²) in [6.45, 7) is 6.28. The first-order chi connectivity index (χ1) is 12.2. The van der Waals surface area contributed by atoms with E-state index in [9.17, 15) is 9.59 Å². The van der Waals surface area contributed by atoms with E-state index >= 15 is 0 Å². The minimum Gasteiger partial charge on any atom is -0.367 e. The Morgan fingerprint density at radius 2 is 1.92 bits per heavy atom. The summed E-state index contributed by atoms with van der Waals surface area (Å²) in [4.78, 5) is 24.6. The van der Waals surface area contributed by atoms with Gasteiger partial charge in [-0.25, -0.2) is 0 Å². The van der Waals surface area contributed by atoms with Crippen LogP contribution in [0.3, 0.4) is 0 Å². The van der Waals surface area contributed by atoms with Crippen LogP contribution in [-0.4, -0.2) is 30.5 Å². The Kier molecular flexibility index (Phi) is 4.07. The fourth-order valence-electron chi connectivity index (χ4n) is 7.39. The van der Waals surface area contributed by atoms with Crippen LogP contribution in [0.2, 0.25) is 0 Å². The van der Waals surface area contributed by atoms with Crippen molar-refractivity contribution in [3.05, 3.63) is 11.6 Å². The van der Waals surface area contributed by atoms with E-state index in [0.717, 1.165) is 44.1 Å². The summed E-state index contributed by atoms with van der Waals surface area (Å²) >= 11 is 0. The molecule has 0 aromatic rings. The van der Waals surface area contributed by atoms with Crippen LogP contribution < -0.4 is 0 Å². The van der Waals surface area contributed by atoms with E-state index in [1.54, 1.807) is 13.0 Å². The van der Waals surface area contributed by atoms with Crippen molar-refractivity contribution in [2.45, 2.75) is 65.4 Å². The van der Waals surface area contributed by atoms with Crippen molar-refractivity contribution in [3.8, 4) is 0 Å². The second-order valence-corrected chi connectivity index (χ2v) is 9.50. The normalized spacial score (nSPS) is 47.7. The number of hydrogen-bond donors (Lipinski definition) is 1. The molecular weight excluding hydrogens is 326 g/mol. The maximum absolute atomic E-state index is 12.4. The number of allylic oxidation sites excluding steroid dienone is 1. The van der Waals surface area contributed by atoms with Crippen LogP contribution in [0.1, 0.15) is 59.3 Å². The summed E-state index contributed by atoms with van der Waals surface area (Å²) in [5.41, 5.74) is 1.37. The Bertz CT molecular complexity index is 710. The number of fused-ring (bicyclic) bond motifs is 5. The lowest BCUT2D eigenvalue weighted by molar-refractivity contribution is -0.128. The van der Waals surface area contributed by atoms with Crippen molar-refractivity contribution < 1.29 is 14.3 Å². The van der Waals surface area contributed by atoms with Crippen molar-refractivity contribution in [2.24, 2.45) is 34.5 Å². The van der Waals surface area contributed by atoms with Crippen LogP contribution in [0, 0.1) is 39.9 Å². The molecule has 0 aromatic carbocycles. The molecule has 142 valence electrons. The molecular formula is C22H31NO3. The molecule has 3 saturated carbocycles. The zero-order valence-corrected chi connectivity index (χ0v) is 16.4. The SMILES string of the molecule is COC1C(=N)[C@@]2(C)C(=CC1=O)CC[C@@H]1[C@@H]2CC[C@]2(C)[C@@H](C(C)=O)CC[C@@H]12. The number of rotatable bonds is 2. The third-order valence-electron chi connectivity index (χ3n) is 8.72. The van der Waals surface area contributed by atoms with Crippen LogP contribution in [0.15, 0.2) is 11.6 Å². The van der Waals surface area contributed by atoms with Crippen molar-refractivity contribution in [2.75, 3.05) is 7.11 Å². The molecule has 0 heterocycles. The Hall–Kier alpha value is -1.29. The number of carbonyl (C=O) groups excluding carboxylic acids is 2. The van der Waals surface area contributed by atoms with Crippen LogP contribution in [-0.2, 0) is 14.3 Å². The van der Waals surface area contributed by atoms with E-state index in [-0.39, 0.29) is 22.5 Å². The van der Waals surface area contributed by atoms with Gasteiger partial charge in [0.15, 0.2) is 11.9 Å². The molecule has 1 unspecified atom stereocenters. The Labute approximate surface area is 156 Å². The number of Topliss-reactive ketones (excluding diaryl/α,β-unsaturated/α-hetero) is 1. The van der Waals surface area contributed by atoms with Crippen molar-refractivity contribution in [1.29, 1.82) is 5.41 Å². The molecule has 1 N–H and O–H groups in total. The Morgan fingerprint density at radius 1 is 1.19 bits per heavy atom. The van der Waals surface area contributed by atoms with E-state index in [0.29, 0.717) is 29.2 Å².